The summed E-state index contributed by atoms with van der Waals surface area (Å²) in [5, 5.41) is 9.17. The van der Waals surface area contributed by atoms with E-state index in [0.29, 0.717) is 10.8 Å². The van der Waals surface area contributed by atoms with Crippen LogP contribution in [0.4, 0.5) is 5.82 Å². The summed E-state index contributed by atoms with van der Waals surface area (Å²) in [4.78, 5) is 16.8. The van der Waals surface area contributed by atoms with Crippen LogP contribution in [0, 0.1) is 5.92 Å². The summed E-state index contributed by atoms with van der Waals surface area (Å²) in [6.45, 7) is 0.930. The molecular formula is C11H13ClN2O2. The first-order chi connectivity index (χ1) is 7.58. The van der Waals surface area contributed by atoms with Gasteiger partial charge in [-0.1, -0.05) is 11.6 Å². The third-order valence-corrected chi connectivity index (χ3v) is 2.94. The Kier molecular flexibility index (Phi) is 3.01. The number of nitrogens with zero attached hydrogens (tertiary/aromatic N) is 2. The van der Waals surface area contributed by atoms with E-state index >= 15 is 0 Å². The highest BCUT2D eigenvalue weighted by Gasteiger charge is 2.24. The molecular weight excluding hydrogens is 228 g/mol. The smallest absolute Gasteiger partial charge is 0.337 e. The average molecular weight is 241 g/mol. The van der Waals surface area contributed by atoms with Crippen LogP contribution in [-0.4, -0.2) is 29.7 Å². The minimum atomic E-state index is -1.01. The Hall–Kier alpha value is -1.29. The Labute approximate surface area is 98.9 Å². The van der Waals surface area contributed by atoms with Gasteiger partial charge in [-0.3, -0.25) is 0 Å². The molecule has 1 heterocycles. The van der Waals surface area contributed by atoms with Crippen molar-refractivity contribution in [2.45, 2.75) is 12.8 Å². The van der Waals surface area contributed by atoms with Crippen LogP contribution >= 0.6 is 11.6 Å². The van der Waals surface area contributed by atoms with Crippen molar-refractivity contribution in [2.24, 2.45) is 5.92 Å². The fraction of sp³-hybridized carbons (Fsp3) is 0.455. The van der Waals surface area contributed by atoms with Crippen LogP contribution in [0.3, 0.4) is 0 Å². The number of aromatic carboxylic acids is 1. The van der Waals surface area contributed by atoms with E-state index < -0.39 is 5.97 Å². The molecule has 4 nitrogen and oxygen atoms in total. The van der Waals surface area contributed by atoms with Crippen LogP contribution in [0.1, 0.15) is 23.2 Å². The maximum Gasteiger partial charge on any atom is 0.337 e. The molecule has 0 spiro atoms. The molecule has 5 heteroatoms. The topological polar surface area (TPSA) is 53.4 Å². The van der Waals surface area contributed by atoms with E-state index in [-0.39, 0.29) is 5.56 Å². The second-order valence-electron chi connectivity index (χ2n) is 4.16. The van der Waals surface area contributed by atoms with Gasteiger partial charge >= 0.3 is 5.97 Å². The minimum absolute atomic E-state index is 0.119. The lowest BCUT2D eigenvalue weighted by Crippen LogP contribution is -2.21. The molecule has 1 N–H and O–H groups in total. The van der Waals surface area contributed by atoms with Crippen LogP contribution in [0.5, 0.6) is 0 Å². The number of hydrogen-bond donors (Lipinski definition) is 1. The van der Waals surface area contributed by atoms with Crippen molar-refractivity contribution >= 4 is 23.4 Å². The van der Waals surface area contributed by atoms with Crippen molar-refractivity contribution in [1.82, 2.24) is 4.98 Å². The maximum atomic E-state index is 10.7. The molecule has 86 valence electrons. The van der Waals surface area contributed by atoms with Gasteiger partial charge in [0.15, 0.2) is 0 Å². The molecule has 0 amide bonds. The monoisotopic (exact) mass is 240 g/mol. The lowest BCUT2D eigenvalue weighted by atomic mass is 10.3. The normalized spacial score (nSPS) is 14.9. The first-order valence-corrected chi connectivity index (χ1v) is 5.55. The van der Waals surface area contributed by atoms with Gasteiger partial charge in [-0.05, 0) is 24.8 Å². The van der Waals surface area contributed by atoms with Gasteiger partial charge in [0.25, 0.3) is 0 Å². The molecule has 0 radical (unpaired) electrons. The second kappa shape index (κ2) is 4.29. The molecule has 0 aromatic carbocycles. The summed E-state index contributed by atoms with van der Waals surface area (Å²) in [6.07, 6.45) is 3.86. The maximum absolute atomic E-state index is 10.7. The Morgan fingerprint density at radius 3 is 2.88 bits per heavy atom. The number of halogens is 1. The Bertz CT molecular complexity index is 418. The molecule has 0 aliphatic heterocycles. The lowest BCUT2D eigenvalue weighted by Gasteiger charge is -2.18. The minimum Gasteiger partial charge on any atom is -0.478 e. The molecule has 1 fully saturated rings. The lowest BCUT2D eigenvalue weighted by molar-refractivity contribution is 0.0696. The van der Waals surface area contributed by atoms with Gasteiger partial charge in [0.2, 0.25) is 0 Å². The van der Waals surface area contributed by atoms with Crippen molar-refractivity contribution in [3.63, 3.8) is 0 Å². The third kappa shape index (κ3) is 2.44. The highest BCUT2D eigenvalue weighted by molar-refractivity contribution is 6.33. The van der Waals surface area contributed by atoms with E-state index in [9.17, 15) is 4.79 Å². The molecule has 1 saturated carbocycles. The summed E-state index contributed by atoms with van der Waals surface area (Å²) in [7, 11) is 1.92. The number of aromatic nitrogens is 1. The molecule has 16 heavy (non-hydrogen) atoms. The van der Waals surface area contributed by atoms with E-state index in [0.717, 1.165) is 12.5 Å². The number of carboxylic acid groups (broad SMARTS) is 1. The number of pyridine rings is 1. The summed E-state index contributed by atoms with van der Waals surface area (Å²) >= 11 is 6.00. The molecule has 1 aromatic heterocycles. The molecule has 0 atom stereocenters. The summed E-state index contributed by atoms with van der Waals surface area (Å²) in [5.74, 6) is 0.381. The predicted molar refractivity (Wildman–Crippen MR) is 62.2 cm³/mol. The number of anilines is 1. The largest absolute Gasteiger partial charge is 0.478 e. The van der Waals surface area contributed by atoms with Crippen LogP contribution in [0.15, 0.2) is 12.3 Å². The number of rotatable bonds is 4. The molecule has 0 saturated heterocycles. The summed E-state index contributed by atoms with van der Waals surface area (Å²) in [6, 6.07) is 1.44. The van der Waals surface area contributed by atoms with Crippen molar-refractivity contribution in [3.8, 4) is 0 Å². The molecule has 0 unspecified atom stereocenters. The zero-order valence-electron chi connectivity index (χ0n) is 8.98. The van der Waals surface area contributed by atoms with E-state index in [4.69, 9.17) is 16.7 Å². The van der Waals surface area contributed by atoms with Crippen molar-refractivity contribution in [3.05, 3.63) is 22.8 Å². The highest BCUT2D eigenvalue weighted by Crippen LogP contribution is 2.32. The summed E-state index contributed by atoms with van der Waals surface area (Å²) < 4.78 is 0. The molecule has 0 bridgehead atoms. The van der Waals surface area contributed by atoms with Gasteiger partial charge in [0.05, 0.1) is 10.6 Å². The molecule has 1 aliphatic rings. The Morgan fingerprint density at radius 2 is 2.38 bits per heavy atom. The fourth-order valence-corrected chi connectivity index (χ4v) is 1.91. The first-order valence-electron chi connectivity index (χ1n) is 5.18. The first kappa shape index (κ1) is 11.2. The molecule has 1 aliphatic carbocycles. The van der Waals surface area contributed by atoms with Crippen molar-refractivity contribution < 1.29 is 9.90 Å². The van der Waals surface area contributed by atoms with Gasteiger partial charge in [-0.15, -0.1) is 0 Å². The van der Waals surface area contributed by atoms with E-state index in [1.54, 1.807) is 0 Å². The highest BCUT2D eigenvalue weighted by atomic mass is 35.5. The summed E-state index contributed by atoms with van der Waals surface area (Å²) in [5.41, 5.74) is 0.119. The molecule has 2 rings (SSSR count). The standard InChI is InChI=1S/C11H13ClN2O2/c1-14(6-7-2-3-7)10-9(12)4-8(5-13-10)11(15)16/h4-5,7H,2-3,6H2,1H3,(H,15,16). The van der Waals surface area contributed by atoms with E-state index in [1.807, 2.05) is 11.9 Å². The van der Waals surface area contributed by atoms with Crippen LogP contribution in [0.25, 0.3) is 0 Å². The Morgan fingerprint density at radius 1 is 1.69 bits per heavy atom. The predicted octanol–water partition coefficient (Wildman–Crippen LogP) is 2.28. The van der Waals surface area contributed by atoms with Crippen LogP contribution in [0.2, 0.25) is 5.02 Å². The second-order valence-corrected chi connectivity index (χ2v) is 4.57. The van der Waals surface area contributed by atoms with Gasteiger partial charge < -0.3 is 10.0 Å². The SMILES string of the molecule is CN(CC1CC1)c1ncc(C(=O)O)cc1Cl. The zero-order chi connectivity index (χ0) is 11.7. The van der Waals surface area contributed by atoms with Gasteiger partial charge in [-0.2, -0.15) is 0 Å². The third-order valence-electron chi connectivity index (χ3n) is 2.66. The number of carbonyl (C=O) groups is 1. The number of hydrogen-bond acceptors (Lipinski definition) is 3. The van der Waals surface area contributed by atoms with Crippen LogP contribution in [-0.2, 0) is 0 Å². The van der Waals surface area contributed by atoms with E-state index in [2.05, 4.69) is 4.98 Å². The van der Waals surface area contributed by atoms with Gasteiger partial charge in [0.1, 0.15) is 5.82 Å². The zero-order valence-corrected chi connectivity index (χ0v) is 9.74. The quantitative estimate of drug-likeness (QED) is 0.877. The van der Waals surface area contributed by atoms with Crippen molar-refractivity contribution in [2.75, 3.05) is 18.5 Å². The van der Waals surface area contributed by atoms with Crippen molar-refractivity contribution in [1.29, 1.82) is 0 Å². The van der Waals surface area contributed by atoms with Gasteiger partial charge in [-0.25, -0.2) is 9.78 Å². The Balaban J connectivity index is 2.17. The number of carboxylic acids is 1. The average Bonchev–Trinajstić information content (AvgIpc) is 3.01. The molecule has 1 aromatic rings. The van der Waals surface area contributed by atoms with E-state index in [1.165, 1.54) is 25.1 Å². The fourth-order valence-electron chi connectivity index (χ4n) is 1.60. The van der Waals surface area contributed by atoms with Gasteiger partial charge in [0, 0.05) is 19.8 Å². The van der Waals surface area contributed by atoms with Crippen LogP contribution < -0.4 is 4.90 Å².